The van der Waals surface area contributed by atoms with E-state index in [9.17, 15) is 9.36 Å². The second kappa shape index (κ2) is 8.51. The molecule has 0 aliphatic carbocycles. The van der Waals surface area contributed by atoms with Crippen molar-refractivity contribution in [1.82, 2.24) is 0 Å². The average molecular weight is 294 g/mol. The van der Waals surface area contributed by atoms with Crippen LogP contribution in [0.25, 0.3) is 0 Å². The fourth-order valence-corrected chi connectivity index (χ4v) is 0.697. The van der Waals surface area contributed by atoms with Crippen LogP contribution >= 0.6 is 15.6 Å². The highest BCUT2D eigenvalue weighted by atomic mass is 31.2. The van der Waals surface area contributed by atoms with Gasteiger partial charge in [0.15, 0.2) is 0 Å². The lowest BCUT2D eigenvalue weighted by molar-refractivity contribution is -0.130. The van der Waals surface area contributed by atoms with Crippen molar-refractivity contribution >= 4 is 21.6 Å². The summed E-state index contributed by atoms with van der Waals surface area (Å²) in [5, 5.41) is 8.25. The van der Waals surface area contributed by atoms with Crippen LogP contribution in [-0.2, 0) is 18.4 Å². The number of hydrogen-bond acceptors (Lipinski definition) is 5. The van der Waals surface area contributed by atoms with Gasteiger partial charge in [0.1, 0.15) is 0 Å². The molecule has 0 saturated carbocycles. The maximum atomic E-state index is 10.5. The highest BCUT2D eigenvalue weighted by Crippen LogP contribution is 2.35. The van der Waals surface area contributed by atoms with Gasteiger partial charge in [-0.05, 0) is 6.42 Å². The average Bonchev–Trinajstić information content (AvgIpc) is 1.97. The van der Waals surface area contributed by atoms with E-state index in [0.29, 0.717) is 0 Å². The number of carbonyl (C=O) groups is 1. The molecule has 0 unspecified atom stereocenters. The summed E-state index contributed by atoms with van der Waals surface area (Å²) >= 11 is 0. The number of rotatable bonds is 4. The van der Waals surface area contributed by atoms with Crippen LogP contribution in [0.5, 0.6) is 0 Å². The van der Waals surface area contributed by atoms with Crippen molar-refractivity contribution in [3.63, 3.8) is 0 Å². The molecule has 0 rings (SSSR count). The highest BCUT2D eigenvalue weighted by molar-refractivity contribution is 7.47. The number of carbonyl (C=O) groups excluding carboxylic acids is 1. The molecule has 102 valence electrons. The van der Waals surface area contributed by atoms with Gasteiger partial charge in [-0.2, -0.15) is 0 Å². The zero-order valence-corrected chi connectivity index (χ0v) is 10.1. The van der Waals surface area contributed by atoms with E-state index in [1.165, 1.54) is 6.08 Å². The van der Waals surface area contributed by atoms with Gasteiger partial charge in [-0.15, -0.1) is 0 Å². The second-order valence-corrected chi connectivity index (χ2v) is 4.52. The second-order valence-electron chi connectivity index (χ2n) is 2.33. The first kappa shape index (κ1) is 18.8. The molecule has 12 heteroatoms. The van der Waals surface area contributed by atoms with Crippen molar-refractivity contribution in [2.24, 2.45) is 0 Å². The minimum Gasteiger partial charge on any atom is -0.396 e. The van der Waals surface area contributed by atoms with Gasteiger partial charge in [0.05, 0.1) is 0 Å². The van der Waals surface area contributed by atoms with E-state index in [1.54, 1.807) is 0 Å². The molecule has 0 saturated heterocycles. The van der Waals surface area contributed by atoms with Crippen molar-refractivity contribution in [3.8, 4) is 0 Å². The molecule has 10 nitrogen and oxygen atoms in total. The van der Waals surface area contributed by atoms with Crippen LogP contribution in [0.4, 0.5) is 0 Å². The molecule has 0 bridgehead atoms. The first-order chi connectivity index (χ1) is 7.45. The van der Waals surface area contributed by atoms with Crippen LogP contribution in [0.15, 0.2) is 12.2 Å². The van der Waals surface area contributed by atoms with Gasteiger partial charge in [0, 0.05) is 12.7 Å². The summed E-state index contributed by atoms with van der Waals surface area (Å²) in [5.74, 6) is -1.13. The molecule has 6 N–H and O–H groups in total. The fraction of sp³-hybridized carbons (Fsp3) is 0.400. The maximum absolute atomic E-state index is 10.5. The monoisotopic (exact) mass is 294 g/mol. The normalized spacial score (nSPS) is 11.9. The van der Waals surface area contributed by atoms with Gasteiger partial charge in [0.2, 0.25) is 0 Å². The Morgan fingerprint density at radius 2 is 1.53 bits per heavy atom. The molecule has 0 aliphatic rings. The van der Waals surface area contributed by atoms with E-state index >= 15 is 0 Å². The molecular formula is C5H12O10P2. The number of phosphoric ester groups is 1. The third-order valence-corrected chi connectivity index (χ3v) is 1.18. The number of aliphatic hydroxyl groups excluding tert-OH is 1. The van der Waals surface area contributed by atoms with Crippen molar-refractivity contribution in [3.05, 3.63) is 12.2 Å². The molecule has 0 amide bonds. The lowest BCUT2D eigenvalue weighted by atomic mass is 10.4. The van der Waals surface area contributed by atoms with Crippen molar-refractivity contribution in [1.29, 1.82) is 0 Å². The zero-order chi connectivity index (χ0) is 14.1. The predicted molar refractivity (Wildman–Crippen MR) is 53.2 cm³/mol. The van der Waals surface area contributed by atoms with Crippen molar-refractivity contribution in [2.75, 3.05) is 6.61 Å². The van der Waals surface area contributed by atoms with E-state index in [0.717, 1.165) is 6.08 Å². The first-order valence-electron chi connectivity index (χ1n) is 3.80. The Hall–Kier alpha value is -0.570. The number of hydrogen-bond donors (Lipinski definition) is 6. The van der Waals surface area contributed by atoms with Gasteiger partial charge in [-0.1, -0.05) is 6.08 Å². The van der Waals surface area contributed by atoms with Gasteiger partial charge >= 0.3 is 21.6 Å². The molecule has 0 aliphatic heterocycles. The first-order valence-corrected chi connectivity index (χ1v) is 6.90. The topological polar surface area (TPSA) is 182 Å². The van der Waals surface area contributed by atoms with Crippen LogP contribution in [0.3, 0.4) is 0 Å². The minimum atomic E-state index is -4.73. The smallest absolute Gasteiger partial charge is 0.396 e. The van der Waals surface area contributed by atoms with Crippen LogP contribution in [0, 0.1) is 0 Å². The fourth-order valence-electron chi connectivity index (χ4n) is 0.402. The maximum Gasteiger partial charge on any atom is 0.527 e. The lowest BCUT2D eigenvalue weighted by Crippen LogP contribution is -1.97. The molecule has 0 spiro atoms. The van der Waals surface area contributed by atoms with Gasteiger partial charge < -0.3 is 24.3 Å². The number of aliphatic hydroxyl groups is 1. The summed E-state index contributed by atoms with van der Waals surface area (Å²) in [4.78, 5) is 48.3. The molecular weight excluding hydrogens is 282 g/mol. The summed E-state index contributed by atoms with van der Waals surface area (Å²) in [6.45, 7) is -0.139. The van der Waals surface area contributed by atoms with Gasteiger partial charge in [0.25, 0.3) is 0 Å². The van der Waals surface area contributed by atoms with Crippen LogP contribution in [0.2, 0.25) is 0 Å². The Morgan fingerprint density at radius 3 is 1.82 bits per heavy atom. The van der Waals surface area contributed by atoms with Gasteiger partial charge in [-0.3, -0.25) is 9.79 Å². The molecule has 0 aromatic rings. The van der Waals surface area contributed by atoms with Crippen LogP contribution in [0.1, 0.15) is 6.42 Å². The Balaban J connectivity index is 0. The Bertz CT molecular complexity index is 328. The van der Waals surface area contributed by atoms with Crippen molar-refractivity contribution < 1.29 is 48.0 Å². The summed E-state index contributed by atoms with van der Waals surface area (Å²) in [6, 6.07) is 0. The molecule has 0 radical (unpaired) electrons. The summed E-state index contributed by atoms with van der Waals surface area (Å²) in [5.41, 5.74) is 0. The largest absolute Gasteiger partial charge is 0.527 e. The third-order valence-electron chi connectivity index (χ3n) is 0.759. The van der Waals surface area contributed by atoms with E-state index in [2.05, 4.69) is 4.52 Å². The predicted octanol–water partition coefficient (Wildman–Crippen LogP) is -1.37. The third kappa shape index (κ3) is 31.3. The van der Waals surface area contributed by atoms with E-state index in [1.807, 2.05) is 0 Å². The summed E-state index contributed by atoms with van der Waals surface area (Å²) in [7, 11) is -9.37. The zero-order valence-electron chi connectivity index (χ0n) is 8.28. The van der Waals surface area contributed by atoms with E-state index < -0.39 is 21.6 Å². The SMILES string of the molecule is O=C(C=CCCO)OP(=O)(O)O.O=P(O)(O)O. The molecule has 0 aromatic carbocycles. The van der Waals surface area contributed by atoms with E-state index in [4.69, 9.17) is 34.1 Å². The molecule has 17 heavy (non-hydrogen) atoms. The molecule has 0 heterocycles. The Kier molecular flexibility index (Phi) is 9.40. The van der Waals surface area contributed by atoms with Crippen LogP contribution in [-0.4, -0.2) is 42.1 Å². The summed E-state index contributed by atoms with van der Waals surface area (Å²) < 4.78 is 22.6. The quantitative estimate of drug-likeness (QED) is 0.267. The molecule has 0 aromatic heterocycles. The Labute approximate surface area is 95.7 Å². The molecule has 0 fully saturated rings. The summed E-state index contributed by atoms with van der Waals surface area (Å²) in [6.07, 6.45) is 2.32. The highest BCUT2D eigenvalue weighted by Gasteiger charge is 2.17. The van der Waals surface area contributed by atoms with Crippen LogP contribution < -0.4 is 0 Å². The van der Waals surface area contributed by atoms with Gasteiger partial charge in [-0.25, -0.2) is 13.9 Å². The van der Waals surface area contributed by atoms with Crippen molar-refractivity contribution in [2.45, 2.75) is 6.42 Å². The van der Waals surface area contributed by atoms with E-state index in [-0.39, 0.29) is 13.0 Å². The minimum absolute atomic E-state index is 0.139. The molecule has 0 atom stereocenters. The standard InChI is InChI=1S/C5H9O6P.H3O4P/c6-4-2-1-3-5(7)11-12(8,9)10;1-5(2,3)4/h1,3,6H,2,4H2,(H2,8,9,10);(H3,1,2,3,4). The Morgan fingerprint density at radius 1 is 1.12 bits per heavy atom. The number of phosphoric acid groups is 2. The lowest BCUT2D eigenvalue weighted by Gasteiger charge is -2.00.